The minimum atomic E-state index is -1.67. The van der Waals surface area contributed by atoms with Gasteiger partial charge in [-0.1, -0.05) is 36.4 Å². The van der Waals surface area contributed by atoms with E-state index in [2.05, 4.69) is 0 Å². The summed E-state index contributed by atoms with van der Waals surface area (Å²) in [5.41, 5.74) is 4.14. The number of ether oxygens (including phenoxy) is 2. The first-order valence-electron chi connectivity index (χ1n) is 10.3. The Morgan fingerprint density at radius 3 is 2.03 bits per heavy atom. The standard InChI is InChI=1S/C24H30O6/c1-12-5-7-16(9-14(12)3)19-20(27)22-24(19,28)21(18(26)11-25)29-23(30-22)17-8-6-13(2)15(4)10-17/h5-10,18-23,25-28H,11H2,1-4H3/t18-,19?,20?,21-,22+,23?,24+/m1/s1. The lowest BCUT2D eigenvalue weighted by Crippen LogP contribution is -2.78. The maximum atomic E-state index is 11.6. The molecule has 0 amide bonds. The predicted molar refractivity (Wildman–Crippen MR) is 111 cm³/mol. The summed E-state index contributed by atoms with van der Waals surface area (Å²) in [6.45, 7) is 7.37. The van der Waals surface area contributed by atoms with Crippen LogP contribution in [0.2, 0.25) is 0 Å². The van der Waals surface area contributed by atoms with E-state index in [4.69, 9.17) is 9.47 Å². The lowest BCUT2D eigenvalue weighted by molar-refractivity contribution is -0.403. The molecule has 2 aromatic rings. The summed E-state index contributed by atoms with van der Waals surface area (Å²) in [6.07, 6.45) is -5.23. The number of aliphatic hydroxyl groups excluding tert-OH is 3. The second-order valence-corrected chi connectivity index (χ2v) is 8.74. The smallest absolute Gasteiger partial charge is 0.185 e. The van der Waals surface area contributed by atoms with Crippen LogP contribution in [0.5, 0.6) is 0 Å². The van der Waals surface area contributed by atoms with E-state index in [-0.39, 0.29) is 0 Å². The van der Waals surface area contributed by atoms with Gasteiger partial charge in [-0.3, -0.25) is 0 Å². The van der Waals surface area contributed by atoms with Crippen molar-refractivity contribution < 1.29 is 29.9 Å². The summed E-state index contributed by atoms with van der Waals surface area (Å²) < 4.78 is 12.0. The van der Waals surface area contributed by atoms with Crippen molar-refractivity contribution in [2.75, 3.05) is 6.61 Å². The Morgan fingerprint density at radius 1 is 0.900 bits per heavy atom. The van der Waals surface area contributed by atoms with Crippen LogP contribution in [0.1, 0.15) is 45.6 Å². The summed E-state index contributed by atoms with van der Waals surface area (Å²) >= 11 is 0. The summed E-state index contributed by atoms with van der Waals surface area (Å²) in [5, 5.41) is 42.7. The first-order chi connectivity index (χ1) is 14.2. The minimum absolute atomic E-state index is 0.574. The van der Waals surface area contributed by atoms with Gasteiger partial charge in [-0.05, 0) is 55.5 Å². The summed E-state index contributed by atoms with van der Waals surface area (Å²) in [7, 11) is 0. The highest BCUT2D eigenvalue weighted by atomic mass is 16.7. The molecule has 30 heavy (non-hydrogen) atoms. The Labute approximate surface area is 176 Å². The molecule has 6 heteroatoms. The second kappa shape index (κ2) is 7.71. The Hall–Kier alpha value is -1.80. The first-order valence-corrected chi connectivity index (χ1v) is 10.3. The fraction of sp³-hybridized carbons (Fsp3) is 0.500. The van der Waals surface area contributed by atoms with E-state index in [9.17, 15) is 20.4 Å². The molecule has 2 fully saturated rings. The van der Waals surface area contributed by atoms with Crippen LogP contribution in [0.15, 0.2) is 36.4 Å². The molecule has 0 bridgehead atoms. The molecule has 1 aliphatic heterocycles. The van der Waals surface area contributed by atoms with Crippen LogP contribution in [-0.2, 0) is 9.47 Å². The molecule has 0 spiro atoms. The van der Waals surface area contributed by atoms with Gasteiger partial charge in [0.2, 0.25) is 0 Å². The normalized spacial score (nSPS) is 34.2. The quantitative estimate of drug-likeness (QED) is 0.610. The molecule has 2 aromatic carbocycles. The van der Waals surface area contributed by atoms with Gasteiger partial charge in [-0.2, -0.15) is 0 Å². The fourth-order valence-electron chi connectivity index (χ4n) is 4.70. The summed E-state index contributed by atoms with van der Waals surface area (Å²) in [5.74, 6) is -0.700. The number of fused-ring (bicyclic) bond motifs is 1. The third-order valence-electron chi connectivity index (χ3n) is 6.83. The number of aryl methyl sites for hydroxylation is 4. The van der Waals surface area contributed by atoms with Gasteiger partial charge in [0.1, 0.15) is 23.9 Å². The van der Waals surface area contributed by atoms with E-state index < -0.39 is 48.8 Å². The summed E-state index contributed by atoms with van der Waals surface area (Å²) in [6, 6.07) is 11.5. The molecule has 0 radical (unpaired) electrons. The van der Waals surface area contributed by atoms with E-state index in [1.54, 1.807) is 0 Å². The Balaban J connectivity index is 1.71. The molecule has 1 heterocycles. The highest BCUT2D eigenvalue weighted by molar-refractivity contribution is 5.40. The van der Waals surface area contributed by atoms with Crippen LogP contribution in [0.4, 0.5) is 0 Å². The predicted octanol–water partition coefficient (Wildman–Crippen LogP) is 1.95. The van der Waals surface area contributed by atoms with E-state index in [0.717, 1.165) is 33.4 Å². The number of aliphatic hydroxyl groups is 4. The number of hydrogen-bond donors (Lipinski definition) is 4. The van der Waals surface area contributed by atoms with Gasteiger partial charge in [0.05, 0.1) is 12.7 Å². The monoisotopic (exact) mass is 414 g/mol. The van der Waals surface area contributed by atoms with Gasteiger partial charge in [0, 0.05) is 11.5 Å². The van der Waals surface area contributed by atoms with Gasteiger partial charge in [0.25, 0.3) is 0 Å². The molecule has 1 saturated heterocycles. The number of benzene rings is 2. The second-order valence-electron chi connectivity index (χ2n) is 8.74. The molecule has 3 unspecified atom stereocenters. The van der Waals surface area contributed by atoms with Crippen molar-refractivity contribution in [3.8, 4) is 0 Å². The molecule has 6 nitrogen and oxygen atoms in total. The zero-order chi connectivity index (χ0) is 21.8. The Kier molecular flexibility index (Phi) is 5.51. The molecule has 1 aliphatic carbocycles. The van der Waals surface area contributed by atoms with E-state index in [0.29, 0.717) is 0 Å². The van der Waals surface area contributed by atoms with Gasteiger partial charge < -0.3 is 29.9 Å². The fourth-order valence-corrected chi connectivity index (χ4v) is 4.70. The minimum Gasteiger partial charge on any atom is -0.394 e. The summed E-state index contributed by atoms with van der Waals surface area (Å²) in [4.78, 5) is 0. The van der Waals surface area contributed by atoms with Crippen molar-refractivity contribution in [2.45, 2.75) is 69.9 Å². The number of rotatable bonds is 4. The lowest BCUT2D eigenvalue weighted by atomic mass is 9.57. The van der Waals surface area contributed by atoms with Crippen LogP contribution in [0, 0.1) is 27.7 Å². The van der Waals surface area contributed by atoms with Crippen molar-refractivity contribution in [3.05, 3.63) is 69.8 Å². The highest BCUT2D eigenvalue weighted by Crippen LogP contribution is 2.56. The largest absolute Gasteiger partial charge is 0.394 e. The topological polar surface area (TPSA) is 99.4 Å². The first kappa shape index (κ1) is 21.4. The molecular weight excluding hydrogens is 384 g/mol. The molecule has 162 valence electrons. The molecule has 0 aromatic heterocycles. The van der Waals surface area contributed by atoms with Crippen molar-refractivity contribution >= 4 is 0 Å². The molecule has 4 N–H and O–H groups in total. The van der Waals surface area contributed by atoms with Gasteiger partial charge >= 0.3 is 0 Å². The molecule has 4 rings (SSSR count). The zero-order valence-corrected chi connectivity index (χ0v) is 17.7. The van der Waals surface area contributed by atoms with E-state index in [1.807, 2.05) is 64.1 Å². The average molecular weight is 414 g/mol. The van der Waals surface area contributed by atoms with Gasteiger partial charge in [0.15, 0.2) is 6.29 Å². The molecule has 2 aliphatic rings. The molecule has 7 atom stereocenters. The Bertz CT molecular complexity index is 943. The maximum absolute atomic E-state index is 11.6. The van der Waals surface area contributed by atoms with Gasteiger partial charge in [-0.15, -0.1) is 0 Å². The number of hydrogen-bond acceptors (Lipinski definition) is 6. The average Bonchev–Trinajstić information content (AvgIpc) is 2.72. The van der Waals surface area contributed by atoms with Crippen molar-refractivity contribution in [3.63, 3.8) is 0 Å². The molecular formula is C24H30O6. The van der Waals surface area contributed by atoms with Crippen molar-refractivity contribution in [1.29, 1.82) is 0 Å². The van der Waals surface area contributed by atoms with E-state index >= 15 is 0 Å². The Morgan fingerprint density at radius 2 is 1.47 bits per heavy atom. The van der Waals surface area contributed by atoms with Crippen LogP contribution in [0.25, 0.3) is 0 Å². The van der Waals surface area contributed by atoms with Crippen LogP contribution in [-0.4, -0.2) is 57.0 Å². The SMILES string of the molecule is Cc1ccc(C2O[C@H]([C@H](O)CO)[C@@]3(O)C(c4ccc(C)c(C)c4)C(O)[C@@H]3O2)cc1C. The van der Waals surface area contributed by atoms with Crippen LogP contribution >= 0.6 is 0 Å². The zero-order valence-electron chi connectivity index (χ0n) is 17.7. The van der Waals surface area contributed by atoms with Crippen molar-refractivity contribution in [1.82, 2.24) is 0 Å². The lowest BCUT2D eigenvalue weighted by Gasteiger charge is -2.62. The highest BCUT2D eigenvalue weighted by Gasteiger charge is 2.70. The van der Waals surface area contributed by atoms with E-state index in [1.165, 1.54) is 0 Å². The molecule has 1 saturated carbocycles. The van der Waals surface area contributed by atoms with Crippen LogP contribution in [0.3, 0.4) is 0 Å². The maximum Gasteiger partial charge on any atom is 0.185 e. The van der Waals surface area contributed by atoms with Gasteiger partial charge in [-0.25, -0.2) is 0 Å². The third kappa shape index (κ3) is 3.19. The van der Waals surface area contributed by atoms with Crippen LogP contribution < -0.4 is 0 Å². The third-order valence-corrected chi connectivity index (χ3v) is 6.83. The van der Waals surface area contributed by atoms with Crippen molar-refractivity contribution in [2.24, 2.45) is 0 Å².